The summed E-state index contributed by atoms with van der Waals surface area (Å²) in [6.45, 7) is 5.23. The van der Waals surface area contributed by atoms with E-state index in [-0.39, 0.29) is 18.2 Å². The number of anilines is 3. The van der Waals surface area contributed by atoms with E-state index in [0.29, 0.717) is 11.4 Å². The Morgan fingerprint density at radius 2 is 1.24 bits per heavy atom. The van der Waals surface area contributed by atoms with Crippen LogP contribution in [0.2, 0.25) is 0 Å². The van der Waals surface area contributed by atoms with Crippen LogP contribution in [0.5, 0.6) is 0 Å². The molecule has 130 valence electrons. The van der Waals surface area contributed by atoms with Crippen molar-refractivity contribution in [2.45, 2.75) is 27.2 Å². The van der Waals surface area contributed by atoms with Crippen molar-refractivity contribution < 1.29 is 14.4 Å². The van der Waals surface area contributed by atoms with Gasteiger partial charge in [-0.25, -0.2) is 0 Å². The fourth-order valence-electron chi connectivity index (χ4n) is 2.39. The maximum absolute atomic E-state index is 12.1. The second-order valence-electron chi connectivity index (χ2n) is 5.80. The zero-order valence-corrected chi connectivity index (χ0v) is 14.5. The van der Waals surface area contributed by atoms with E-state index in [4.69, 9.17) is 0 Å². The van der Waals surface area contributed by atoms with Crippen LogP contribution in [0.25, 0.3) is 0 Å². The van der Waals surface area contributed by atoms with Crippen molar-refractivity contribution in [1.29, 1.82) is 0 Å². The summed E-state index contributed by atoms with van der Waals surface area (Å²) in [4.78, 5) is 35.0. The van der Waals surface area contributed by atoms with Crippen LogP contribution < -0.4 is 16.0 Å². The van der Waals surface area contributed by atoms with E-state index in [0.717, 1.165) is 16.8 Å². The van der Waals surface area contributed by atoms with E-state index in [1.54, 1.807) is 24.3 Å². The summed E-state index contributed by atoms with van der Waals surface area (Å²) >= 11 is 0. The number of carbonyl (C=O) groups excluding carboxylic acids is 3. The number of carbonyl (C=O) groups is 3. The summed E-state index contributed by atoms with van der Waals surface area (Å²) in [5, 5.41) is 8.07. The second kappa shape index (κ2) is 8.10. The van der Waals surface area contributed by atoms with Gasteiger partial charge in [0.1, 0.15) is 6.42 Å². The van der Waals surface area contributed by atoms with Crippen molar-refractivity contribution in [1.82, 2.24) is 0 Å². The number of rotatable bonds is 5. The van der Waals surface area contributed by atoms with Crippen LogP contribution in [0.3, 0.4) is 0 Å². The van der Waals surface area contributed by atoms with Crippen LogP contribution in [0.1, 0.15) is 24.5 Å². The number of hydrogen-bond donors (Lipinski definition) is 3. The lowest BCUT2D eigenvalue weighted by Crippen LogP contribution is -2.22. The largest absolute Gasteiger partial charge is 0.326 e. The summed E-state index contributed by atoms with van der Waals surface area (Å²) in [6.07, 6.45) is -0.277. The molecule has 0 aliphatic rings. The van der Waals surface area contributed by atoms with Crippen molar-refractivity contribution in [3.05, 3.63) is 53.6 Å². The summed E-state index contributed by atoms with van der Waals surface area (Å²) < 4.78 is 0. The number of amides is 3. The number of aryl methyl sites for hydroxylation is 2. The predicted octanol–water partition coefficient (Wildman–Crippen LogP) is 3.23. The van der Waals surface area contributed by atoms with Gasteiger partial charge in [0.05, 0.1) is 0 Å². The van der Waals surface area contributed by atoms with E-state index in [2.05, 4.69) is 16.0 Å². The van der Waals surface area contributed by atoms with Crippen LogP contribution in [0.4, 0.5) is 17.1 Å². The molecule has 0 aliphatic heterocycles. The van der Waals surface area contributed by atoms with Crippen molar-refractivity contribution in [2.75, 3.05) is 16.0 Å². The Labute approximate surface area is 146 Å². The number of benzene rings is 2. The lowest BCUT2D eigenvalue weighted by molar-refractivity contribution is -0.123. The molecular weight excluding hydrogens is 318 g/mol. The fourth-order valence-corrected chi connectivity index (χ4v) is 2.39. The molecule has 6 nitrogen and oxygen atoms in total. The molecule has 25 heavy (non-hydrogen) atoms. The molecule has 0 bridgehead atoms. The quantitative estimate of drug-likeness (QED) is 0.731. The maximum atomic E-state index is 12.1. The molecule has 0 spiro atoms. The lowest BCUT2D eigenvalue weighted by atomic mass is 10.1. The minimum absolute atomic E-state index is 0.167. The molecule has 0 atom stereocenters. The number of para-hydroxylation sites is 1. The number of nitrogens with one attached hydrogen (secondary N) is 3. The highest BCUT2D eigenvalue weighted by molar-refractivity contribution is 6.08. The molecule has 0 heterocycles. The van der Waals surface area contributed by atoms with Crippen LogP contribution in [0.15, 0.2) is 42.5 Å². The fraction of sp³-hybridized carbons (Fsp3) is 0.211. The Hall–Kier alpha value is -3.15. The minimum atomic E-state index is -0.406. The highest BCUT2D eigenvalue weighted by atomic mass is 16.2. The van der Waals surface area contributed by atoms with E-state index in [1.165, 1.54) is 6.92 Å². The summed E-state index contributed by atoms with van der Waals surface area (Å²) in [6, 6.07) is 12.4. The Balaban J connectivity index is 1.91. The first-order valence-electron chi connectivity index (χ1n) is 7.88. The summed E-state index contributed by atoms with van der Waals surface area (Å²) in [7, 11) is 0. The first-order chi connectivity index (χ1) is 11.8. The molecule has 2 rings (SSSR count). The smallest absolute Gasteiger partial charge is 0.233 e. The topological polar surface area (TPSA) is 87.3 Å². The maximum Gasteiger partial charge on any atom is 0.233 e. The van der Waals surface area contributed by atoms with E-state index in [1.807, 2.05) is 32.0 Å². The molecule has 3 N–H and O–H groups in total. The van der Waals surface area contributed by atoms with Gasteiger partial charge in [0.15, 0.2) is 0 Å². The average molecular weight is 339 g/mol. The Bertz CT molecular complexity index is 778. The van der Waals surface area contributed by atoms with Crippen LogP contribution in [0, 0.1) is 13.8 Å². The van der Waals surface area contributed by atoms with Gasteiger partial charge in [-0.15, -0.1) is 0 Å². The van der Waals surface area contributed by atoms with Crippen LogP contribution >= 0.6 is 0 Å². The molecule has 3 amide bonds. The van der Waals surface area contributed by atoms with E-state index in [9.17, 15) is 14.4 Å². The van der Waals surface area contributed by atoms with Gasteiger partial charge in [-0.2, -0.15) is 0 Å². The molecule has 0 fully saturated rings. The van der Waals surface area contributed by atoms with Crippen LogP contribution in [-0.4, -0.2) is 17.7 Å². The van der Waals surface area contributed by atoms with Gasteiger partial charge in [-0.3, -0.25) is 14.4 Å². The zero-order valence-electron chi connectivity index (χ0n) is 14.5. The molecule has 0 aliphatic carbocycles. The lowest BCUT2D eigenvalue weighted by Gasteiger charge is -2.11. The van der Waals surface area contributed by atoms with Gasteiger partial charge in [0, 0.05) is 24.0 Å². The molecule has 0 unspecified atom stereocenters. The van der Waals surface area contributed by atoms with Gasteiger partial charge >= 0.3 is 0 Å². The van der Waals surface area contributed by atoms with Gasteiger partial charge in [-0.05, 0) is 49.2 Å². The van der Waals surface area contributed by atoms with Gasteiger partial charge < -0.3 is 16.0 Å². The molecule has 2 aromatic rings. The third-order valence-corrected chi connectivity index (χ3v) is 3.56. The predicted molar refractivity (Wildman–Crippen MR) is 98.5 cm³/mol. The molecule has 0 radical (unpaired) electrons. The molecule has 0 saturated heterocycles. The third-order valence-electron chi connectivity index (χ3n) is 3.56. The molecular formula is C19H21N3O3. The van der Waals surface area contributed by atoms with Gasteiger partial charge in [0.25, 0.3) is 0 Å². The monoisotopic (exact) mass is 339 g/mol. The second-order valence-corrected chi connectivity index (χ2v) is 5.80. The summed E-state index contributed by atoms with van der Waals surface area (Å²) in [5.41, 5.74) is 3.82. The molecule has 0 aromatic heterocycles. The highest BCUT2D eigenvalue weighted by Gasteiger charge is 2.12. The Morgan fingerprint density at radius 1 is 0.760 bits per heavy atom. The van der Waals surface area contributed by atoms with E-state index < -0.39 is 5.91 Å². The third kappa shape index (κ3) is 5.46. The Kier molecular flexibility index (Phi) is 5.89. The van der Waals surface area contributed by atoms with Gasteiger partial charge in [0.2, 0.25) is 17.7 Å². The SMILES string of the molecule is CC(=O)Nc1ccc(NC(=O)CC(=O)Nc2c(C)cccc2C)cc1. The summed E-state index contributed by atoms with van der Waals surface area (Å²) in [5.74, 6) is -0.944. The van der Waals surface area contributed by atoms with Gasteiger partial charge in [-0.1, -0.05) is 18.2 Å². The minimum Gasteiger partial charge on any atom is -0.326 e. The normalized spacial score (nSPS) is 10.0. The molecule has 0 saturated carbocycles. The average Bonchev–Trinajstić information content (AvgIpc) is 2.52. The first-order valence-corrected chi connectivity index (χ1v) is 7.88. The Morgan fingerprint density at radius 3 is 1.76 bits per heavy atom. The van der Waals surface area contributed by atoms with E-state index >= 15 is 0 Å². The van der Waals surface area contributed by atoms with Crippen molar-refractivity contribution in [2.24, 2.45) is 0 Å². The number of hydrogen-bond acceptors (Lipinski definition) is 3. The van der Waals surface area contributed by atoms with Crippen molar-refractivity contribution in [3.8, 4) is 0 Å². The van der Waals surface area contributed by atoms with Crippen LogP contribution in [-0.2, 0) is 14.4 Å². The molecule has 6 heteroatoms. The van der Waals surface area contributed by atoms with Crippen molar-refractivity contribution >= 4 is 34.8 Å². The standard InChI is InChI=1S/C19H21N3O3/c1-12-5-4-6-13(2)19(12)22-18(25)11-17(24)21-16-9-7-15(8-10-16)20-14(3)23/h4-10H,11H2,1-3H3,(H,20,23)(H,21,24)(H,22,25). The first kappa shape index (κ1) is 18.2. The molecule has 2 aromatic carbocycles. The van der Waals surface area contributed by atoms with Crippen molar-refractivity contribution in [3.63, 3.8) is 0 Å². The highest BCUT2D eigenvalue weighted by Crippen LogP contribution is 2.19. The zero-order chi connectivity index (χ0) is 18.4.